The summed E-state index contributed by atoms with van der Waals surface area (Å²) < 4.78 is 5.49. The van der Waals surface area contributed by atoms with Crippen molar-refractivity contribution in [2.45, 2.75) is 50.7 Å². The highest BCUT2D eigenvalue weighted by molar-refractivity contribution is 5.78. The summed E-state index contributed by atoms with van der Waals surface area (Å²) in [6, 6.07) is 0. The summed E-state index contributed by atoms with van der Waals surface area (Å²) in [7, 11) is 0. The van der Waals surface area contributed by atoms with Gasteiger partial charge in [0.1, 0.15) is 5.54 Å². The molecular weight excluding hydrogens is 206 g/mol. The van der Waals surface area contributed by atoms with E-state index in [9.17, 15) is 9.90 Å². The summed E-state index contributed by atoms with van der Waals surface area (Å²) >= 11 is 0. The van der Waals surface area contributed by atoms with Crippen molar-refractivity contribution < 1.29 is 14.6 Å². The van der Waals surface area contributed by atoms with Crippen LogP contribution in [-0.2, 0) is 9.53 Å². The van der Waals surface area contributed by atoms with Gasteiger partial charge in [-0.25, -0.2) is 0 Å². The summed E-state index contributed by atoms with van der Waals surface area (Å²) in [6.45, 7) is 3.27. The van der Waals surface area contributed by atoms with Gasteiger partial charge < -0.3 is 9.84 Å². The van der Waals surface area contributed by atoms with Crippen LogP contribution in [0.15, 0.2) is 0 Å². The first-order chi connectivity index (χ1) is 7.60. The number of carboxylic acids is 1. The van der Waals surface area contributed by atoms with Crippen molar-refractivity contribution in [3.05, 3.63) is 0 Å². The standard InChI is InChI=1S/C12H21NO3/c1-12(11(14)15,7-9-4-5-9)13-8-10-3-2-6-16-10/h9-10,13H,2-8H2,1H3,(H,14,15). The predicted octanol–water partition coefficient (Wildman–Crippen LogP) is 1.40. The molecule has 1 aliphatic heterocycles. The molecule has 1 heterocycles. The van der Waals surface area contributed by atoms with Gasteiger partial charge in [-0.1, -0.05) is 12.8 Å². The fraction of sp³-hybridized carbons (Fsp3) is 0.917. The number of nitrogens with one attached hydrogen (secondary N) is 1. The fourth-order valence-corrected chi connectivity index (χ4v) is 2.28. The molecule has 2 fully saturated rings. The normalized spacial score (nSPS) is 28.9. The Balaban J connectivity index is 1.82. The molecule has 1 aliphatic carbocycles. The summed E-state index contributed by atoms with van der Waals surface area (Å²) in [4.78, 5) is 11.3. The summed E-state index contributed by atoms with van der Waals surface area (Å²) in [5.74, 6) is -0.129. The van der Waals surface area contributed by atoms with Gasteiger partial charge in [-0.2, -0.15) is 0 Å². The molecule has 1 saturated heterocycles. The second kappa shape index (κ2) is 4.72. The van der Waals surface area contributed by atoms with E-state index in [1.165, 1.54) is 12.8 Å². The van der Waals surface area contributed by atoms with E-state index in [0.717, 1.165) is 25.9 Å². The van der Waals surface area contributed by atoms with Gasteiger partial charge >= 0.3 is 5.97 Å². The van der Waals surface area contributed by atoms with Gasteiger partial charge in [-0.15, -0.1) is 0 Å². The summed E-state index contributed by atoms with van der Waals surface area (Å²) in [6.07, 6.45) is 5.47. The minimum Gasteiger partial charge on any atom is -0.480 e. The lowest BCUT2D eigenvalue weighted by Crippen LogP contribution is -2.52. The molecule has 16 heavy (non-hydrogen) atoms. The molecule has 0 amide bonds. The highest BCUT2D eigenvalue weighted by Gasteiger charge is 2.39. The van der Waals surface area contributed by atoms with Crippen LogP contribution < -0.4 is 5.32 Å². The van der Waals surface area contributed by atoms with E-state index in [1.54, 1.807) is 6.92 Å². The molecular formula is C12H21NO3. The molecule has 4 heteroatoms. The molecule has 2 atom stereocenters. The molecule has 2 unspecified atom stereocenters. The van der Waals surface area contributed by atoms with Crippen LogP contribution in [0.25, 0.3) is 0 Å². The molecule has 1 saturated carbocycles. The molecule has 0 bridgehead atoms. The first kappa shape index (κ1) is 11.9. The zero-order valence-electron chi connectivity index (χ0n) is 9.87. The fourth-order valence-electron chi connectivity index (χ4n) is 2.28. The zero-order valence-corrected chi connectivity index (χ0v) is 9.87. The minimum atomic E-state index is -0.771. The molecule has 0 aromatic carbocycles. The Morgan fingerprint density at radius 1 is 1.50 bits per heavy atom. The van der Waals surface area contributed by atoms with E-state index in [2.05, 4.69) is 5.32 Å². The van der Waals surface area contributed by atoms with Gasteiger partial charge in [0.25, 0.3) is 0 Å². The lowest BCUT2D eigenvalue weighted by atomic mass is 9.94. The number of ether oxygens (including phenoxy) is 1. The highest BCUT2D eigenvalue weighted by Crippen LogP contribution is 2.36. The van der Waals surface area contributed by atoms with Crippen molar-refractivity contribution in [1.29, 1.82) is 0 Å². The van der Waals surface area contributed by atoms with Crippen molar-refractivity contribution in [2.24, 2.45) is 5.92 Å². The van der Waals surface area contributed by atoms with Gasteiger partial charge in [-0.3, -0.25) is 10.1 Å². The Kier molecular flexibility index (Phi) is 3.50. The molecule has 0 aromatic rings. The largest absolute Gasteiger partial charge is 0.480 e. The van der Waals surface area contributed by atoms with Crippen molar-refractivity contribution in [3.63, 3.8) is 0 Å². The molecule has 0 radical (unpaired) electrons. The van der Waals surface area contributed by atoms with Gasteiger partial charge in [0.15, 0.2) is 0 Å². The molecule has 92 valence electrons. The van der Waals surface area contributed by atoms with Crippen molar-refractivity contribution in [1.82, 2.24) is 5.32 Å². The summed E-state index contributed by atoms with van der Waals surface area (Å²) in [5.41, 5.74) is -0.771. The maximum Gasteiger partial charge on any atom is 0.323 e. The Morgan fingerprint density at radius 3 is 2.75 bits per heavy atom. The van der Waals surface area contributed by atoms with Gasteiger partial charge in [0.05, 0.1) is 6.10 Å². The minimum absolute atomic E-state index is 0.206. The van der Waals surface area contributed by atoms with Crippen LogP contribution in [0.1, 0.15) is 39.0 Å². The Morgan fingerprint density at radius 2 is 2.25 bits per heavy atom. The van der Waals surface area contributed by atoms with Crippen LogP contribution in [0.4, 0.5) is 0 Å². The Hall–Kier alpha value is -0.610. The van der Waals surface area contributed by atoms with Crippen LogP contribution in [0.2, 0.25) is 0 Å². The van der Waals surface area contributed by atoms with E-state index >= 15 is 0 Å². The van der Waals surface area contributed by atoms with Crippen LogP contribution in [-0.4, -0.2) is 35.9 Å². The number of rotatable bonds is 6. The van der Waals surface area contributed by atoms with E-state index in [1.807, 2.05) is 0 Å². The van der Waals surface area contributed by atoms with E-state index < -0.39 is 11.5 Å². The maximum absolute atomic E-state index is 11.3. The third-order valence-corrected chi connectivity index (χ3v) is 3.61. The predicted molar refractivity (Wildman–Crippen MR) is 60.4 cm³/mol. The number of hydrogen-bond donors (Lipinski definition) is 2. The number of hydrogen-bond acceptors (Lipinski definition) is 3. The molecule has 0 spiro atoms. The molecule has 2 N–H and O–H groups in total. The lowest BCUT2D eigenvalue weighted by molar-refractivity contribution is -0.144. The molecule has 0 aromatic heterocycles. The number of carbonyl (C=O) groups is 1. The van der Waals surface area contributed by atoms with E-state index in [0.29, 0.717) is 12.5 Å². The van der Waals surface area contributed by atoms with Gasteiger partial charge in [0, 0.05) is 13.2 Å². The smallest absolute Gasteiger partial charge is 0.323 e. The van der Waals surface area contributed by atoms with Crippen LogP contribution in [0.5, 0.6) is 0 Å². The first-order valence-corrected chi connectivity index (χ1v) is 6.20. The SMILES string of the molecule is CC(CC1CC1)(NCC1CCCO1)C(=O)O. The monoisotopic (exact) mass is 227 g/mol. The van der Waals surface area contributed by atoms with Crippen LogP contribution in [0, 0.1) is 5.92 Å². The zero-order chi connectivity index (χ0) is 11.6. The quantitative estimate of drug-likeness (QED) is 0.720. The van der Waals surface area contributed by atoms with Crippen LogP contribution >= 0.6 is 0 Å². The number of aliphatic carboxylic acids is 1. The molecule has 4 nitrogen and oxygen atoms in total. The first-order valence-electron chi connectivity index (χ1n) is 6.20. The van der Waals surface area contributed by atoms with E-state index in [4.69, 9.17) is 4.74 Å². The third-order valence-electron chi connectivity index (χ3n) is 3.61. The number of carboxylic acid groups (broad SMARTS) is 1. The second-order valence-corrected chi connectivity index (χ2v) is 5.30. The van der Waals surface area contributed by atoms with Crippen molar-refractivity contribution in [2.75, 3.05) is 13.2 Å². The van der Waals surface area contributed by atoms with E-state index in [-0.39, 0.29) is 6.10 Å². The molecule has 2 aliphatic rings. The molecule has 2 rings (SSSR count). The second-order valence-electron chi connectivity index (χ2n) is 5.30. The van der Waals surface area contributed by atoms with Gasteiger partial charge in [0.2, 0.25) is 0 Å². The Bertz CT molecular complexity index is 259. The van der Waals surface area contributed by atoms with Crippen LogP contribution in [0.3, 0.4) is 0 Å². The summed E-state index contributed by atoms with van der Waals surface area (Å²) in [5, 5.41) is 12.5. The highest BCUT2D eigenvalue weighted by atomic mass is 16.5. The topological polar surface area (TPSA) is 58.6 Å². The maximum atomic E-state index is 11.3. The lowest BCUT2D eigenvalue weighted by Gasteiger charge is -2.27. The van der Waals surface area contributed by atoms with Crippen molar-refractivity contribution in [3.8, 4) is 0 Å². The Labute approximate surface area is 96.4 Å². The average Bonchev–Trinajstić information content (AvgIpc) is 2.89. The van der Waals surface area contributed by atoms with Crippen molar-refractivity contribution >= 4 is 5.97 Å². The van der Waals surface area contributed by atoms with Gasteiger partial charge in [-0.05, 0) is 32.1 Å². The third kappa shape index (κ3) is 2.95. The average molecular weight is 227 g/mol.